The van der Waals surface area contributed by atoms with E-state index in [0.29, 0.717) is 5.41 Å². The van der Waals surface area contributed by atoms with Crippen molar-refractivity contribution in [3.63, 3.8) is 0 Å². The summed E-state index contributed by atoms with van der Waals surface area (Å²) < 4.78 is 0. The Kier molecular flexibility index (Phi) is 5.00. The van der Waals surface area contributed by atoms with E-state index in [0.717, 1.165) is 12.6 Å². The Balaban J connectivity index is 1.55. The van der Waals surface area contributed by atoms with Crippen LogP contribution in [0.1, 0.15) is 51.9 Å². The predicted molar refractivity (Wildman–Crippen MR) is 85.1 cm³/mol. The molecule has 0 amide bonds. The van der Waals surface area contributed by atoms with Gasteiger partial charge < -0.3 is 5.32 Å². The molecule has 0 radical (unpaired) electrons. The molecule has 0 aromatic rings. The Morgan fingerprint density at radius 3 is 2.70 bits per heavy atom. The molecule has 3 aliphatic rings. The summed E-state index contributed by atoms with van der Waals surface area (Å²) >= 11 is 0. The maximum Gasteiger partial charge on any atom is 0.0223 e. The van der Waals surface area contributed by atoms with Crippen LogP contribution in [-0.4, -0.2) is 61.7 Å². The maximum absolute atomic E-state index is 3.64. The van der Waals surface area contributed by atoms with E-state index >= 15 is 0 Å². The summed E-state index contributed by atoms with van der Waals surface area (Å²) in [5.41, 5.74) is 0.590. The molecule has 0 spiro atoms. The summed E-state index contributed by atoms with van der Waals surface area (Å²) in [4.78, 5) is 5.56. The molecule has 0 bridgehead atoms. The van der Waals surface area contributed by atoms with Crippen molar-refractivity contribution in [3.05, 3.63) is 0 Å². The molecule has 1 saturated carbocycles. The predicted octanol–water partition coefficient (Wildman–Crippen LogP) is 2.33. The molecule has 3 heteroatoms. The molecule has 3 rings (SSSR count). The van der Waals surface area contributed by atoms with E-state index < -0.39 is 0 Å². The zero-order chi connectivity index (χ0) is 13.8. The van der Waals surface area contributed by atoms with Gasteiger partial charge in [0.05, 0.1) is 0 Å². The van der Waals surface area contributed by atoms with Gasteiger partial charge in [0.15, 0.2) is 0 Å². The molecular weight excluding hydrogens is 246 g/mol. The van der Waals surface area contributed by atoms with E-state index in [-0.39, 0.29) is 0 Å². The monoisotopic (exact) mass is 279 g/mol. The van der Waals surface area contributed by atoms with Gasteiger partial charge in [0.1, 0.15) is 0 Å². The fourth-order valence-corrected chi connectivity index (χ4v) is 4.74. The quantitative estimate of drug-likeness (QED) is 0.833. The van der Waals surface area contributed by atoms with Crippen molar-refractivity contribution in [3.8, 4) is 0 Å². The number of nitrogens with one attached hydrogen (secondary N) is 1. The van der Waals surface area contributed by atoms with Crippen LogP contribution in [0.5, 0.6) is 0 Å². The maximum atomic E-state index is 3.64. The minimum atomic E-state index is 0.590. The number of hydrogen-bond donors (Lipinski definition) is 1. The fraction of sp³-hybridized carbons (Fsp3) is 1.00. The smallest absolute Gasteiger partial charge is 0.0223 e. The van der Waals surface area contributed by atoms with Crippen molar-refractivity contribution in [1.29, 1.82) is 0 Å². The Hall–Kier alpha value is -0.120. The number of fused-ring (bicyclic) bond motifs is 1. The van der Waals surface area contributed by atoms with Gasteiger partial charge in [-0.15, -0.1) is 0 Å². The second-order valence-electron chi connectivity index (χ2n) is 7.41. The molecule has 2 heterocycles. The molecule has 3 nitrogen and oxygen atoms in total. The highest BCUT2D eigenvalue weighted by atomic mass is 15.3. The molecular formula is C17H33N3. The largest absolute Gasteiger partial charge is 0.316 e. The number of hydrogen-bond acceptors (Lipinski definition) is 3. The van der Waals surface area contributed by atoms with Gasteiger partial charge in [-0.3, -0.25) is 9.80 Å². The van der Waals surface area contributed by atoms with Gasteiger partial charge in [0, 0.05) is 38.8 Å². The van der Waals surface area contributed by atoms with Crippen LogP contribution in [0.25, 0.3) is 0 Å². The third-order valence-corrected chi connectivity index (χ3v) is 5.89. The van der Waals surface area contributed by atoms with Crippen LogP contribution in [0.15, 0.2) is 0 Å². The normalized spacial score (nSPS) is 31.4. The SMILES string of the molecule is CCNCC1(CN2CCN3CCCCC3C2)CCCC1. The molecule has 1 N–H and O–H groups in total. The van der Waals surface area contributed by atoms with Crippen LogP contribution < -0.4 is 5.32 Å². The summed E-state index contributed by atoms with van der Waals surface area (Å²) in [6.45, 7) is 11.3. The third-order valence-electron chi connectivity index (χ3n) is 5.89. The summed E-state index contributed by atoms with van der Waals surface area (Å²) in [6, 6.07) is 0.870. The Morgan fingerprint density at radius 1 is 1.05 bits per heavy atom. The van der Waals surface area contributed by atoms with E-state index in [2.05, 4.69) is 22.0 Å². The van der Waals surface area contributed by atoms with Gasteiger partial charge in [0.2, 0.25) is 0 Å². The molecule has 2 saturated heterocycles. The lowest BCUT2D eigenvalue weighted by atomic mass is 9.84. The highest BCUT2D eigenvalue weighted by Gasteiger charge is 2.37. The van der Waals surface area contributed by atoms with Crippen LogP contribution in [0.4, 0.5) is 0 Å². The van der Waals surface area contributed by atoms with Crippen LogP contribution in [0, 0.1) is 5.41 Å². The van der Waals surface area contributed by atoms with Gasteiger partial charge >= 0.3 is 0 Å². The molecule has 116 valence electrons. The highest BCUT2D eigenvalue weighted by Crippen LogP contribution is 2.39. The van der Waals surface area contributed by atoms with Gasteiger partial charge in [-0.05, 0) is 44.2 Å². The van der Waals surface area contributed by atoms with Crippen molar-refractivity contribution in [2.75, 3.05) is 45.8 Å². The first-order chi connectivity index (χ1) is 9.81. The van der Waals surface area contributed by atoms with Gasteiger partial charge in [-0.2, -0.15) is 0 Å². The molecule has 1 atom stereocenters. The van der Waals surface area contributed by atoms with Crippen molar-refractivity contribution < 1.29 is 0 Å². The van der Waals surface area contributed by atoms with E-state index in [1.165, 1.54) is 84.2 Å². The Labute approximate surface area is 125 Å². The fourth-order valence-electron chi connectivity index (χ4n) is 4.74. The highest BCUT2D eigenvalue weighted by molar-refractivity contribution is 4.93. The van der Waals surface area contributed by atoms with Crippen molar-refractivity contribution >= 4 is 0 Å². The van der Waals surface area contributed by atoms with Crippen LogP contribution >= 0.6 is 0 Å². The number of rotatable bonds is 5. The topological polar surface area (TPSA) is 18.5 Å². The van der Waals surface area contributed by atoms with Crippen LogP contribution in [0.2, 0.25) is 0 Å². The van der Waals surface area contributed by atoms with E-state index in [1.54, 1.807) is 0 Å². The van der Waals surface area contributed by atoms with Crippen molar-refractivity contribution in [2.24, 2.45) is 5.41 Å². The molecule has 0 aromatic carbocycles. The zero-order valence-corrected chi connectivity index (χ0v) is 13.4. The molecule has 3 fully saturated rings. The van der Waals surface area contributed by atoms with E-state index in [4.69, 9.17) is 0 Å². The third kappa shape index (κ3) is 3.37. The first-order valence-electron chi connectivity index (χ1n) is 8.98. The average Bonchev–Trinajstić information content (AvgIpc) is 2.94. The Bertz CT molecular complexity index is 299. The first-order valence-corrected chi connectivity index (χ1v) is 8.98. The standard InChI is InChI=1S/C17H33N3/c1-2-18-14-17(8-4-5-9-17)15-19-11-12-20-10-6-3-7-16(20)13-19/h16,18H,2-15H2,1H3. The molecule has 2 aliphatic heterocycles. The molecule has 1 unspecified atom stereocenters. The number of piperidine rings is 1. The van der Waals surface area contributed by atoms with Gasteiger partial charge in [0.25, 0.3) is 0 Å². The van der Waals surface area contributed by atoms with Crippen LogP contribution in [-0.2, 0) is 0 Å². The minimum Gasteiger partial charge on any atom is -0.316 e. The molecule has 0 aromatic heterocycles. The van der Waals surface area contributed by atoms with Crippen molar-refractivity contribution in [2.45, 2.75) is 57.9 Å². The van der Waals surface area contributed by atoms with Gasteiger partial charge in [-0.25, -0.2) is 0 Å². The van der Waals surface area contributed by atoms with Crippen molar-refractivity contribution in [1.82, 2.24) is 15.1 Å². The molecule has 20 heavy (non-hydrogen) atoms. The Morgan fingerprint density at radius 2 is 1.90 bits per heavy atom. The summed E-state index contributed by atoms with van der Waals surface area (Å²) in [7, 11) is 0. The number of nitrogens with zero attached hydrogens (tertiary/aromatic N) is 2. The first kappa shape index (κ1) is 14.8. The minimum absolute atomic E-state index is 0.590. The van der Waals surface area contributed by atoms with E-state index in [1.807, 2.05) is 0 Å². The number of piperazine rings is 1. The zero-order valence-electron chi connectivity index (χ0n) is 13.4. The summed E-state index contributed by atoms with van der Waals surface area (Å²) in [5.74, 6) is 0. The summed E-state index contributed by atoms with van der Waals surface area (Å²) in [6.07, 6.45) is 10.1. The van der Waals surface area contributed by atoms with E-state index in [9.17, 15) is 0 Å². The van der Waals surface area contributed by atoms with Gasteiger partial charge in [-0.1, -0.05) is 26.2 Å². The second kappa shape index (κ2) is 6.76. The van der Waals surface area contributed by atoms with Crippen LogP contribution in [0.3, 0.4) is 0 Å². The lowest BCUT2D eigenvalue weighted by Crippen LogP contribution is -2.57. The molecule has 1 aliphatic carbocycles. The lowest BCUT2D eigenvalue weighted by Gasteiger charge is -2.46. The average molecular weight is 279 g/mol. The summed E-state index contributed by atoms with van der Waals surface area (Å²) in [5, 5.41) is 3.64. The lowest BCUT2D eigenvalue weighted by molar-refractivity contribution is 0.0264. The second-order valence-corrected chi connectivity index (χ2v) is 7.41.